The third-order valence-electron chi connectivity index (χ3n) is 13.5. The molecule has 0 amide bonds. The first kappa shape index (κ1) is 34.3. The molecule has 11 aromatic carbocycles. The summed E-state index contributed by atoms with van der Waals surface area (Å²) in [6.07, 6.45) is 0. The van der Waals surface area contributed by atoms with Gasteiger partial charge in [0, 0.05) is 49.3 Å². The maximum Gasteiger partial charge on any atom is 0.143 e. The van der Waals surface area contributed by atoms with Gasteiger partial charge in [0.15, 0.2) is 0 Å². The highest BCUT2D eigenvalue weighted by Gasteiger charge is 2.20. The van der Waals surface area contributed by atoms with Crippen LogP contribution in [0, 0.1) is 0 Å². The number of rotatable bonds is 4. The zero-order valence-corrected chi connectivity index (χ0v) is 34.1. The van der Waals surface area contributed by atoms with E-state index in [1.165, 1.54) is 70.4 Å². The molecule has 0 aliphatic carbocycles. The zero-order chi connectivity index (χ0) is 41.2. The van der Waals surface area contributed by atoms with E-state index in [9.17, 15) is 0 Å². The predicted molar refractivity (Wildman–Crippen MR) is 266 cm³/mol. The van der Waals surface area contributed by atoms with E-state index in [0.29, 0.717) is 0 Å². The summed E-state index contributed by atoms with van der Waals surface area (Å²) in [6.45, 7) is 0. The molecule has 0 aliphatic heterocycles. The van der Waals surface area contributed by atoms with Crippen LogP contribution < -0.4 is 0 Å². The van der Waals surface area contributed by atoms with Crippen molar-refractivity contribution in [2.45, 2.75) is 0 Å². The van der Waals surface area contributed by atoms with Gasteiger partial charge in [-0.2, -0.15) is 0 Å². The van der Waals surface area contributed by atoms with Crippen LogP contribution in [0.3, 0.4) is 0 Å². The van der Waals surface area contributed by atoms with Crippen LogP contribution in [-0.2, 0) is 0 Å². The number of hydrogen-bond acceptors (Lipinski definition) is 1. The second-order valence-corrected chi connectivity index (χ2v) is 16.8. The Kier molecular flexibility index (Phi) is 7.11. The molecule has 0 unspecified atom stereocenters. The molecule has 292 valence electrons. The van der Waals surface area contributed by atoms with E-state index in [-0.39, 0.29) is 0 Å². The molecule has 0 fully saturated rings. The second kappa shape index (κ2) is 13.1. The minimum atomic E-state index is 0.886. The molecule has 3 aromatic heterocycles. The van der Waals surface area contributed by atoms with Crippen molar-refractivity contribution >= 4 is 97.9 Å². The predicted octanol–water partition coefficient (Wildman–Crippen LogP) is 16.6. The first-order valence-electron chi connectivity index (χ1n) is 21.7. The lowest BCUT2D eigenvalue weighted by atomic mass is 9.94. The molecule has 3 heterocycles. The van der Waals surface area contributed by atoms with E-state index < -0.39 is 0 Å². The van der Waals surface area contributed by atoms with Crippen molar-refractivity contribution < 1.29 is 4.42 Å². The molecule has 0 spiro atoms. The molecule has 3 heteroatoms. The van der Waals surface area contributed by atoms with Gasteiger partial charge in [0.05, 0.1) is 22.1 Å². The monoisotopic (exact) mass is 800 g/mol. The molecule has 63 heavy (non-hydrogen) atoms. The number of benzene rings is 11. The third-order valence-corrected chi connectivity index (χ3v) is 13.5. The summed E-state index contributed by atoms with van der Waals surface area (Å²) in [6, 6.07) is 79.8. The van der Waals surface area contributed by atoms with Gasteiger partial charge < -0.3 is 13.6 Å². The molecule has 14 aromatic rings. The standard InChI is InChI=1S/C60H36N2O/c1-2-14-40(15-3-1)61-55-23-11-8-20-47(55)49-29-26-37(34-57(49)61)39-32-52(60-54(33-39)51-22-10-13-25-59(51)63-60)38-27-30-50-48-21-9-12-24-56(48)62(58(50)35-38)41-28-31-46-44-18-5-4-16-42(44)43-17-6-7-19-45(43)53(46)36-41/h1-36H. The van der Waals surface area contributed by atoms with Crippen molar-refractivity contribution in [2.75, 3.05) is 0 Å². The Hall–Kier alpha value is -8.40. The van der Waals surface area contributed by atoms with Gasteiger partial charge in [-0.1, -0.05) is 152 Å². The first-order chi connectivity index (χ1) is 31.2. The Bertz CT molecular complexity index is 4170. The number of hydrogen-bond donors (Lipinski definition) is 0. The van der Waals surface area contributed by atoms with E-state index in [1.807, 2.05) is 0 Å². The lowest BCUT2D eigenvalue weighted by Crippen LogP contribution is -1.95. The van der Waals surface area contributed by atoms with Crippen LogP contribution >= 0.6 is 0 Å². The molecular formula is C60H36N2O. The summed E-state index contributed by atoms with van der Waals surface area (Å²) in [7, 11) is 0. The maximum absolute atomic E-state index is 6.82. The minimum Gasteiger partial charge on any atom is -0.455 e. The summed E-state index contributed by atoms with van der Waals surface area (Å²) < 4.78 is 11.7. The molecule has 0 aliphatic rings. The SMILES string of the molecule is c1ccc(-n2c3ccccc3c3ccc(-c4cc(-c5ccc6c7ccccc7n(-c7ccc8c9ccccc9c9ccccc9c8c7)c6c5)c5oc6ccccc6c5c4)cc32)cc1. The summed E-state index contributed by atoms with van der Waals surface area (Å²) in [5.74, 6) is 0. The maximum atomic E-state index is 6.82. The molecule has 14 rings (SSSR count). The van der Waals surface area contributed by atoms with Gasteiger partial charge in [-0.3, -0.25) is 0 Å². The lowest BCUT2D eigenvalue weighted by molar-refractivity contribution is 0.670. The Balaban J connectivity index is 1.02. The van der Waals surface area contributed by atoms with Crippen LogP contribution in [0.5, 0.6) is 0 Å². The van der Waals surface area contributed by atoms with E-state index >= 15 is 0 Å². The largest absolute Gasteiger partial charge is 0.455 e. The van der Waals surface area contributed by atoms with Gasteiger partial charge in [0.25, 0.3) is 0 Å². The fraction of sp³-hybridized carbons (Fsp3) is 0. The van der Waals surface area contributed by atoms with Gasteiger partial charge in [0.1, 0.15) is 11.2 Å². The highest BCUT2D eigenvalue weighted by Crippen LogP contribution is 2.44. The van der Waals surface area contributed by atoms with Gasteiger partial charge >= 0.3 is 0 Å². The third kappa shape index (κ3) is 4.96. The van der Waals surface area contributed by atoms with Crippen LogP contribution in [0.1, 0.15) is 0 Å². The van der Waals surface area contributed by atoms with Crippen LogP contribution in [0.25, 0.3) is 131 Å². The second-order valence-electron chi connectivity index (χ2n) is 16.8. The van der Waals surface area contributed by atoms with E-state index in [4.69, 9.17) is 4.42 Å². The summed E-state index contributed by atoms with van der Waals surface area (Å²) in [5.41, 5.74) is 13.2. The molecule has 0 saturated carbocycles. The average molecular weight is 801 g/mol. The highest BCUT2D eigenvalue weighted by atomic mass is 16.3. The highest BCUT2D eigenvalue weighted by molar-refractivity contribution is 6.26. The van der Waals surface area contributed by atoms with Crippen molar-refractivity contribution in [1.82, 2.24) is 9.13 Å². The normalized spacial score (nSPS) is 12.1. The lowest BCUT2D eigenvalue weighted by Gasteiger charge is -2.14. The van der Waals surface area contributed by atoms with Crippen molar-refractivity contribution in [2.24, 2.45) is 0 Å². The summed E-state index contributed by atoms with van der Waals surface area (Å²) >= 11 is 0. The Morgan fingerprint density at radius 2 is 0.730 bits per heavy atom. The van der Waals surface area contributed by atoms with Crippen molar-refractivity contribution in [3.8, 4) is 33.6 Å². The molecule has 0 radical (unpaired) electrons. The number of para-hydroxylation sites is 4. The Morgan fingerprint density at radius 3 is 1.40 bits per heavy atom. The average Bonchev–Trinajstić information content (AvgIpc) is 4.01. The van der Waals surface area contributed by atoms with Crippen molar-refractivity contribution in [1.29, 1.82) is 0 Å². The van der Waals surface area contributed by atoms with Gasteiger partial charge in [-0.15, -0.1) is 0 Å². The van der Waals surface area contributed by atoms with Crippen molar-refractivity contribution in [3.05, 3.63) is 218 Å². The van der Waals surface area contributed by atoms with Gasteiger partial charge in [-0.25, -0.2) is 0 Å². The Labute approximate surface area is 361 Å². The molecule has 3 nitrogen and oxygen atoms in total. The Morgan fingerprint density at radius 1 is 0.254 bits per heavy atom. The fourth-order valence-electron chi connectivity index (χ4n) is 10.7. The fourth-order valence-corrected chi connectivity index (χ4v) is 10.7. The van der Waals surface area contributed by atoms with Crippen LogP contribution in [0.2, 0.25) is 0 Å². The van der Waals surface area contributed by atoms with Crippen LogP contribution in [0.15, 0.2) is 223 Å². The van der Waals surface area contributed by atoms with Crippen molar-refractivity contribution in [3.63, 3.8) is 0 Å². The molecule has 0 saturated heterocycles. The molecule has 0 atom stereocenters. The zero-order valence-electron chi connectivity index (χ0n) is 34.1. The van der Waals surface area contributed by atoms with Crippen LogP contribution in [-0.4, -0.2) is 9.13 Å². The minimum absolute atomic E-state index is 0.886. The topological polar surface area (TPSA) is 23.0 Å². The van der Waals surface area contributed by atoms with Crippen LogP contribution in [0.4, 0.5) is 0 Å². The molecule has 0 bridgehead atoms. The number of furan rings is 1. The summed E-state index contributed by atoms with van der Waals surface area (Å²) in [5, 5.41) is 14.8. The number of aromatic nitrogens is 2. The molecule has 0 N–H and O–H groups in total. The smallest absolute Gasteiger partial charge is 0.143 e. The van der Waals surface area contributed by atoms with Gasteiger partial charge in [0.2, 0.25) is 0 Å². The quantitative estimate of drug-likeness (QED) is 0.163. The van der Waals surface area contributed by atoms with E-state index in [1.54, 1.807) is 0 Å². The molecular weight excluding hydrogens is 765 g/mol. The first-order valence-corrected chi connectivity index (χ1v) is 21.7. The summed E-state index contributed by atoms with van der Waals surface area (Å²) in [4.78, 5) is 0. The van der Waals surface area contributed by atoms with E-state index in [0.717, 1.165) is 61.1 Å². The van der Waals surface area contributed by atoms with E-state index in [2.05, 4.69) is 228 Å². The number of nitrogens with zero attached hydrogens (tertiary/aromatic N) is 2. The number of fused-ring (bicyclic) bond motifs is 15. The van der Waals surface area contributed by atoms with Gasteiger partial charge in [-0.05, 0) is 116 Å².